The summed E-state index contributed by atoms with van der Waals surface area (Å²) in [4.78, 5) is -0.0490. The number of benzene rings is 2. The minimum atomic E-state index is -3.79. The highest BCUT2D eigenvalue weighted by atomic mass is 79.9. The number of hydrogen-bond acceptors (Lipinski definition) is 2. The second-order valence-corrected chi connectivity index (χ2v) is 7.10. The van der Waals surface area contributed by atoms with E-state index in [4.69, 9.17) is 0 Å². The number of rotatable bonds is 5. The van der Waals surface area contributed by atoms with Crippen LogP contribution in [0.25, 0.3) is 0 Å². The Bertz CT molecular complexity index is 730. The van der Waals surface area contributed by atoms with Gasteiger partial charge in [0.05, 0.1) is 4.90 Å². The molecule has 0 spiro atoms. The topological polar surface area (TPSA) is 46.2 Å². The van der Waals surface area contributed by atoms with Crippen molar-refractivity contribution in [1.82, 2.24) is 0 Å². The summed E-state index contributed by atoms with van der Waals surface area (Å²) in [5, 5.41) is 0.848. The third kappa shape index (κ3) is 4.04. The highest BCUT2D eigenvalue weighted by Gasteiger charge is 2.17. The Balaban J connectivity index is 2.26. The lowest BCUT2D eigenvalue weighted by atomic mass is 10.2. The molecule has 1 N–H and O–H groups in total. The summed E-state index contributed by atoms with van der Waals surface area (Å²) in [5.41, 5.74) is 2.06. The Morgan fingerprint density at radius 2 is 1.81 bits per heavy atom. The van der Waals surface area contributed by atoms with Gasteiger partial charge in [-0.15, -0.1) is 0 Å². The first-order valence-corrected chi connectivity index (χ1v) is 8.97. The number of nitrogens with one attached hydrogen (secondary N) is 1. The third-order valence-corrected chi connectivity index (χ3v) is 4.95. The van der Waals surface area contributed by atoms with E-state index in [0.29, 0.717) is 11.3 Å². The number of aryl methyl sites for hydroxylation is 2. The standard InChI is InChI=1S/C15H15BrFNO2S/c1-11-2-5-13(17)10-15(11)21(19,20)18-14-6-3-12(4-7-14)8-9-16/h2-7,10,18H,8-9H2,1H3. The minimum Gasteiger partial charge on any atom is -0.280 e. The Morgan fingerprint density at radius 3 is 2.43 bits per heavy atom. The Hall–Kier alpha value is -1.40. The summed E-state index contributed by atoms with van der Waals surface area (Å²) >= 11 is 3.35. The largest absolute Gasteiger partial charge is 0.280 e. The summed E-state index contributed by atoms with van der Waals surface area (Å²) in [6.45, 7) is 1.63. The predicted molar refractivity (Wildman–Crippen MR) is 85.9 cm³/mol. The number of halogens is 2. The third-order valence-electron chi connectivity index (χ3n) is 3.03. The molecular formula is C15H15BrFNO2S. The molecule has 0 aliphatic rings. The highest BCUT2D eigenvalue weighted by molar-refractivity contribution is 9.09. The van der Waals surface area contributed by atoms with E-state index in [-0.39, 0.29) is 4.90 Å². The van der Waals surface area contributed by atoms with Gasteiger partial charge in [-0.05, 0) is 48.7 Å². The molecule has 0 radical (unpaired) electrons. The Morgan fingerprint density at radius 1 is 1.14 bits per heavy atom. The van der Waals surface area contributed by atoms with E-state index < -0.39 is 15.8 Å². The van der Waals surface area contributed by atoms with Crippen molar-refractivity contribution in [3.05, 3.63) is 59.4 Å². The summed E-state index contributed by atoms with van der Waals surface area (Å²) in [6.07, 6.45) is 0.871. The summed E-state index contributed by atoms with van der Waals surface area (Å²) in [5.74, 6) is -0.575. The summed E-state index contributed by atoms with van der Waals surface area (Å²) < 4.78 is 40.3. The molecule has 21 heavy (non-hydrogen) atoms. The molecule has 0 atom stereocenters. The molecule has 0 aliphatic carbocycles. The van der Waals surface area contributed by atoms with E-state index in [2.05, 4.69) is 20.7 Å². The van der Waals surface area contributed by atoms with Crippen LogP contribution in [0, 0.1) is 12.7 Å². The molecule has 0 aromatic heterocycles. The van der Waals surface area contributed by atoms with Gasteiger partial charge in [0.25, 0.3) is 10.0 Å². The summed E-state index contributed by atoms with van der Waals surface area (Å²) in [7, 11) is -3.79. The van der Waals surface area contributed by atoms with Crippen LogP contribution in [-0.2, 0) is 16.4 Å². The van der Waals surface area contributed by atoms with Crippen molar-refractivity contribution in [3.63, 3.8) is 0 Å². The van der Waals surface area contributed by atoms with Crippen LogP contribution in [0.3, 0.4) is 0 Å². The Labute approximate surface area is 132 Å². The molecule has 0 unspecified atom stereocenters. The van der Waals surface area contributed by atoms with E-state index in [9.17, 15) is 12.8 Å². The molecule has 0 saturated heterocycles. The van der Waals surface area contributed by atoms with Gasteiger partial charge < -0.3 is 0 Å². The maximum absolute atomic E-state index is 13.3. The van der Waals surface area contributed by atoms with Crippen LogP contribution >= 0.6 is 15.9 Å². The van der Waals surface area contributed by atoms with Gasteiger partial charge in [-0.2, -0.15) is 0 Å². The van der Waals surface area contributed by atoms with Crippen molar-refractivity contribution >= 4 is 31.6 Å². The maximum atomic E-state index is 13.3. The molecule has 0 aliphatic heterocycles. The first-order chi connectivity index (χ1) is 9.92. The number of anilines is 1. The van der Waals surface area contributed by atoms with E-state index in [1.54, 1.807) is 19.1 Å². The second kappa shape index (κ2) is 6.58. The first-order valence-electron chi connectivity index (χ1n) is 6.36. The molecule has 0 fully saturated rings. The lowest BCUT2D eigenvalue weighted by molar-refractivity contribution is 0.594. The van der Waals surface area contributed by atoms with Gasteiger partial charge >= 0.3 is 0 Å². The smallest absolute Gasteiger partial charge is 0.262 e. The van der Waals surface area contributed by atoms with Crippen molar-refractivity contribution in [2.24, 2.45) is 0 Å². The first kappa shape index (κ1) is 16.0. The number of hydrogen-bond donors (Lipinski definition) is 1. The molecule has 2 rings (SSSR count). The normalized spacial score (nSPS) is 11.4. The molecule has 112 valence electrons. The predicted octanol–water partition coefficient (Wildman–Crippen LogP) is 3.87. The van der Waals surface area contributed by atoms with Crippen molar-refractivity contribution in [2.75, 3.05) is 10.1 Å². The van der Waals surface area contributed by atoms with Gasteiger partial charge in [-0.25, -0.2) is 12.8 Å². The van der Waals surface area contributed by atoms with Crippen LogP contribution in [0.1, 0.15) is 11.1 Å². The monoisotopic (exact) mass is 371 g/mol. The van der Waals surface area contributed by atoms with E-state index in [1.165, 1.54) is 12.1 Å². The van der Waals surface area contributed by atoms with E-state index in [1.807, 2.05) is 12.1 Å². The van der Waals surface area contributed by atoms with Crippen LogP contribution in [0.4, 0.5) is 10.1 Å². The average molecular weight is 372 g/mol. The average Bonchev–Trinajstić information content (AvgIpc) is 2.43. The fourth-order valence-corrected chi connectivity index (χ4v) is 3.70. The lowest BCUT2D eigenvalue weighted by Gasteiger charge is -2.11. The van der Waals surface area contributed by atoms with Crippen molar-refractivity contribution in [1.29, 1.82) is 0 Å². The fourth-order valence-electron chi connectivity index (χ4n) is 1.92. The molecule has 2 aromatic carbocycles. The molecular weight excluding hydrogens is 357 g/mol. The molecule has 0 bridgehead atoms. The van der Waals surface area contributed by atoms with Gasteiger partial charge in [0.2, 0.25) is 0 Å². The van der Waals surface area contributed by atoms with Crippen LogP contribution in [0.15, 0.2) is 47.4 Å². The maximum Gasteiger partial charge on any atom is 0.262 e. The molecule has 0 heterocycles. The van der Waals surface area contributed by atoms with Crippen LogP contribution in [0.2, 0.25) is 0 Å². The second-order valence-electron chi connectivity index (χ2n) is 4.65. The zero-order chi connectivity index (χ0) is 15.5. The summed E-state index contributed by atoms with van der Waals surface area (Å²) in [6, 6.07) is 10.8. The van der Waals surface area contributed by atoms with Crippen LogP contribution in [0.5, 0.6) is 0 Å². The zero-order valence-electron chi connectivity index (χ0n) is 11.4. The SMILES string of the molecule is Cc1ccc(F)cc1S(=O)(=O)Nc1ccc(CCBr)cc1. The fraction of sp³-hybridized carbons (Fsp3) is 0.200. The Kier molecular flexibility index (Phi) is 5.00. The van der Waals surface area contributed by atoms with Crippen LogP contribution in [-0.4, -0.2) is 13.7 Å². The number of sulfonamides is 1. The number of alkyl halides is 1. The lowest BCUT2D eigenvalue weighted by Crippen LogP contribution is -2.14. The molecule has 0 amide bonds. The quantitative estimate of drug-likeness (QED) is 0.810. The molecule has 0 saturated carbocycles. The van der Waals surface area contributed by atoms with Gasteiger partial charge in [0.1, 0.15) is 5.82 Å². The molecule has 3 nitrogen and oxygen atoms in total. The van der Waals surface area contributed by atoms with Gasteiger partial charge in [-0.3, -0.25) is 4.72 Å². The van der Waals surface area contributed by atoms with Gasteiger partial charge in [0, 0.05) is 11.0 Å². The molecule has 2 aromatic rings. The minimum absolute atomic E-state index is 0.0490. The van der Waals surface area contributed by atoms with Crippen molar-refractivity contribution in [3.8, 4) is 0 Å². The van der Waals surface area contributed by atoms with E-state index in [0.717, 1.165) is 23.4 Å². The van der Waals surface area contributed by atoms with Crippen molar-refractivity contribution < 1.29 is 12.8 Å². The van der Waals surface area contributed by atoms with E-state index >= 15 is 0 Å². The molecule has 6 heteroatoms. The highest BCUT2D eigenvalue weighted by Crippen LogP contribution is 2.20. The zero-order valence-corrected chi connectivity index (χ0v) is 13.8. The van der Waals surface area contributed by atoms with Crippen LogP contribution < -0.4 is 4.72 Å². The van der Waals surface area contributed by atoms with Gasteiger partial charge in [-0.1, -0.05) is 34.1 Å². The van der Waals surface area contributed by atoms with Gasteiger partial charge in [0.15, 0.2) is 0 Å². The van der Waals surface area contributed by atoms with Crippen molar-refractivity contribution in [2.45, 2.75) is 18.2 Å².